The Morgan fingerprint density at radius 3 is 2.65 bits per heavy atom. The zero-order valence-corrected chi connectivity index (χ0v) is 12.1. The second-order valence-electron chi connectivity index (χ2n) is 4.96. The number of nitro groups is 1. The van der Waals surface area contributed by atoms with Crippen molar-refractivity contribution < 1.29 is 9.72 Å². The van der Waals surface area contributed by atoms with Gasteiger partial charge in [-0.2, -0.15) is 0 Å². The average Bonchev–Trinajstić information content (AvgIpc) is 2.38. The highest BCUT2D eigenvalue weighted by molar-refractivity contribution is 5.99. The number of anilines is 1. The van der Waals surface area contributed by atoms with Crippen molar-refractivity contribution in [3.05, 3.63) is 33.9 Å². The van der Waals surface area contributed by atoms with Crippen molar-refractivity contribution in [1.82, 2.24) is 5.32 Å². The molecule has 0 aliphatic rings. The van der Waals surface area contributed by atoms with Crippen LogP contribution in [0.15, 0.2) is 18.2 Å². The van der Waals surface area contributed by atoms with Gasteiger partial charge in [0.25, 0.3) is 11.6 Å². The minimum absolute atomic E-state index is 0.0946. The van der Waals surface area contributed by atoms with E-state index in [1.54, 1.807) is 6.07 Å². The summed E-state index contributed by atoms with van der Waals surface area (Å²) in [5.41, 5.74) is 0.623. The molecule has 0 bridgehead atoms. The fourth-order valence-corrected chi connectivity index (χ4v) is 1.76. The molecule has 1 aromatic rings. The van der Waals surface area contributed by atoms with Gasteiger partial charge in [0.1, 0.15) is 5.56 Å². The first-order valence-electron chi connectivity index (χ1n) is 6.76. The Kier molecular flexibility index (Phi) is 5.96. The van der Waals surface area contributed by atoms with Crippen LogP contribution >= 0.6 is 0 Å². The van der Waals surface area contributed by atoms with E-state index in [1.165, 1.54) is 12.1 Å². The lowest BCUT2D eigenvalue weighted by molar-refractivity contribution is -0.385. The lowest BCUT2D eigenvalue weighted by atomic mass is 10.1. The van der Waals surface area contributed by atoms with Gasteiger partial charge in [-0.1, -0.05) is 13.8 Å². The fourth-order valence-electron chi connectivity index (χ4n) is 1.76. The molecule has 0 aromatic heterocycles. The molecule has 0 saturated heterocycles. The molecule has 1 amide bonds. The van der Waals surface area contributed by atoms with E-state index in [-0.39, 0.29) is 11.3 Å². The minimum atomic E-state index is -0.535. The smallest absolute Gasteiger partial charge is 0.282 e. The van der Waals surface area contributed by atoms with Gasteiger partial charge < -0.3 is 10.6 Å². The van der Waals surface area contributed by atoms with Gasteiger partial charge in [0.2, 0.25) is 0 Å². The molecule has 20 heavy (non-hydrogen) atoms. The Hall–Kier alpha value is -2.11. The van der Waals surface area contributed by atoms with Crippen molar-refractivity contribution in [2.45, 2.75) is 27.2 Å². The van der Waals surface area contributed by atoms with Crippen molar-refractivity contribution in [3.8, 4) is 0 Å². The third-order valence-corrected chi connectivity index (χ3v) is 2.83. The van der Waals surface area contributed by atoms with E-state index in [4.69, 9.17) is 0 Å². The van der Waals surface area contributed by atoms with Crippen LogP contribution in [0.25, 0.3) is 0 Å². The van der Waals surface area contributed by atoms with Crippen LogP contribution in [0.5, 0.6) is 0 Å². The molecule has 0 heterocycles. The van der Waals surface area contributed by atoms with Crippen molar-refractivity contribution in [1.29, 1.82) is 0 Å². The molecule has 0 unspecified atom stereocenters. The Labute approximate surface area is 118 Å². The molecule has 6 heteroatoms. The van der Waals surface area contributed by atoms with Gasteiger partial charge in [0.15, 0.2) is 0 Å². The third-order valence-electron chi connectivity index (χ3n) is 2.83. The normalized spacial score (nSPS) is 10.4. The van der Waals surface area contributed by atoms with Crippen LogP contribution in [-0.4, -0.2) is 23.9 Å². The SMILES string of the molecule is CCNc1ccc([N+](=O)[O-])c(C(=O)NCCC(C)C)c1. The first kappa shape index (κ1) is 15.9. The van der Waals surface area contributed by atoms with Crippen molar-refractivity contribution in [2.24, 2.45) is 5.92 Å². The maximum Gasteiger partial charge on any atom is 0.282 e. The average molecular weight is 279 g/mol. The van der Waals surface area contributed by atoms with E-state index in [0.717, 1.165) is 6.42 Å². The summed E-state index contributed by atoms with van der Waals surface area (Å²) >= 11 is 0. The zero-order chi connectivity index (χ0) is 15.1. The number of hydrogen-bond donors (Lipinski definition) is 2. The predicted molar refractivity (Wildman–Crippen MR) is 79.0 cm³/mol. The van der Waals surface area contributed by atoms with Gasteiger partial charge in [-0.3, -0.25) is 14.9 Å². The highest BCUT2D eigenvalue weighted by Gasteiger charge is 2.20. The highest BCUT2D eigenvalue weighted by atomic mass is 16.6. The quantitative estimate of drug-likeness (QED) is 0.593. The van der Waals surface area contributed by atoms with Crippen LogP contribution < -0.4 is 10.6 Å². The zero-order valence-electron chi connectivity index (χ0n) is 12.1. The van der Waals surface area contributed by atoms with Crippen molar-refractivity contribution >= 4 is 17.3 Å². The number of benzene rings is 1. The second kappa shape index (κ2) is 7.47. The molecule has 0 aliphatic carbocycles. The molecule has 1 aromatic carbocycles. The number of rotatable bonds is 7. The third kappa shape index (κ3) is 4.53. The number of carbonyl (C=O) groups excluding carboxylic acids is 1. The van der Waals surface area contributed by atoms with E-state index in [2.05, 4.69) is 24.5 Å². The van der Waals surface area contributed by atoms with E-state index < -0.39 is 10.8 Å². The molecule has 0 atom stereocenters. The summed E-state index contributed by atoms with van der Waals surface area (Å²) in [6.07, 6.45) is 0.840. The maximum absolute atomic E-state index is 12.1. The topological polar surface area (TPSA) is 84.3 Å². The van der Waals surface area contributed by atoms with Crippen LogP contribution in [0.3, 0.4) is 0 Å². The first-order valence-corrected chi connectivity index (χ1v) is 6.76. The molecule has 1 rings (SSSR count). The molecule has 0 aliphatic heterocycles. The molecule has 110 valence electrons. The summed E-state index contributed by atoms with van der Waals surface area (Å²) in [4.78, 5) is 22.5. The number of hydrogen-bond acceptors (Lipinski definition) is 4. The van der Waals surface area contributed by atoms with Crippen LogP contribution in [-0.2, 0) is 0 Å². The van der Waals surface area contributed by atoms with Gasteiger partial charge in [0.05, 0.1) is 4.92 Å². The standard InChI is InChI=1S/C14H21N3O3/c1-4-15-11-5-6-13(17(19)20)12(9-11)14(18)16-8-7-10(2)3/h5-6,9-10,15H,4,7-8H2,1-3H3,(H,16,18). The lowest BCUT2D eigenvalue weighted by Gasteiger charge is -2.09. The summed E-state index contributed by atoms with van der Waals surface area (Å²) in [6, 6.07) is 4.48. The molecular weight excluding hydrogens is 258 g/mol. The fraction of sp³-hybridized carbons (Fsp3) is 0.500. The summed E-state index contributed by atoms with van der Waals surface area (Å²) in [6.45, 7) is 7.23. The monoisotopic (exact) mass is 279 g/mol. The Balaban J connectivity index is 2.91. The van der Waals surface area contributed by atoms with Crippen LogP contribution in [0.1, 0.15) is 37.6 Å². The van der Waals surface area contributed by atoms with Gasteiger partial charge >= 0.3 is 0 Å². The minimum Gasteiger partial charge on any atom is -0.385 e. The molecule has 2 N–H and O–H groups in total. The van der Waals surface area contributed by atoms with Gasteiger partial charge in [-0.15, -0.1) is 0 Å². The highest BCUT2D eigenvalue weighted by Crippen LogP contribution is 2.22. The summed E-state index contributed by atoms with van der Waals surface area (Å²) in [7, 11) is 0. The molecular formula is C14H21N3O3. The van der Waals surface area contributed by atoms with E-state index >= 15 is 0 Å². The number of nitro benzene ring substituents is 1. The molecule has 0 fully saturated rings. The summed E-state index contributed by atoms with van der Waals surface area (Å²) in [5, 5.41) is 16.7. The van der Waals surface area contributed by atoms with Gasteiger partial charge in [-0.25, -0.2) is 0 Å². The van der Waals surface area contributed by atoms with Gasteiger partial charge in [0, 0.05) is 24.8 Å². The summed E-state index contributed by atoms with van der Waals surface area (Å²) in [5.74, 6) is 0.0653. The van der Waals surface area contributed by atoms with Gasteiger partial charge in [-0.05, 0) is 31.4 Å². The number of nitrogens with one attached hydrogen (secondary N) is 2. The van der Waals surface area contributed by atoms with Crippen LogP contribution in [0.2, 0.25) is 0 Å². The maximum atomic E-state index is 12.1. The lowest BCUT2D eigenvalue weighted by Crippen LogP contribution is -2.26. The Bertz CT molecular complexity index is 487. The number of amides is 1. The van der Waals surface area contributed by atoms with Crippen molar-refractivity contribution in [2.75, 3.05) is 18.4 Å². The van der Waals surface area contributed by atoms with Crippen molar-refractivity contribution in [3.63, 3.8) is 0 Å². The first-order chi connectivity index (χ1) is 9.45. The van der Waals surface area contributed by atoms with E-state index in [9.17, 15) is 14.9 Å². The molecule has 6 nitrogen and oxygen atoms in total. The van der Waals surface area contributed by atoms with E-state index in [1.807, 2.05) is 6.92 Å². The van der Waals surface area contributed by atoms with Crippen LogP contribution in [0.4, 0.5) is 11.4 Å². The molecule has 0 saturated carbocycles. The van der Waals surface area contributed by atoms with E-state index in [0.29, 0.717) is 24.7 Å². The second-order valence-corrected chi connectivity index (χ2v) is 4.96. The predicted octanol–water partition coefficient (Wildman–Crippen LogP) is 2.80. The summed E-state index contributed by atoms with van der Waals surface area (Å²) < 4.78 is 0. The molecule has 0 spiro atoms. The largest absolute Gasteiger partial charge is 0.385 e. The number of carbonyl (C=O) groups is 1. The number of nitrogens with zero attached hydrogens (tertiary/aromatic N) is 1. The molecule has 0 radical (unpaired) electrons. The Morgan fingerprint density at radius 1 is 1.40 bits per heavy atom. The van der Waals surface area contributed by atoms with Crippen LogP contribution in [0, 0.1) is 16.0 Å². The Morgan fingerprint density at radius 2 is 2.10 bits per heavy atom.